The molecule has 0 aromatic heterocycles. The van der Waals surface area contributed by atoms with Crippen LogP contribution in [-0.4, -0.2) is 50.1 Å². The quantitative estimate of drug-likeness (QED) is 0.448. The van der Waals surface area contributed by atoms with Crippen molar-refractivity contribution in [2.75, 3.05) is 26.9 Å². The molecular formula is C18H27NO5. The molecule has 0 bridgehead atoms. The Bertz CT molecular complexity index is 489. The molecule has 0 aliphatic rings. The number of carbonyl (C=O) groups excluding carboxylic acids is 1. The summed E-state index contributed by atoms with van der Waals surface area (Å²) in [6.07, 6.45) is 1.10. The number of aliphatic hydroxyl groups excluding tert-OH is 1. The highest BCUT2D eigenvalue weighted by Crippen LogP contribution is 2.11. The highest BCUT2D eigenvalue weighted by Gasteiger charge is 2.14. The van der Waals surface area contributed by atoms with Gasteiger partial charge in [-0.25, -0.2) is 0 Å². The fourth-order valence-electron chi connectivity index (χ4n) is 1.86. The number of aliphatic hydroxyl groups is 1. The first-order valence-electron chi connectivity index (χ1n) is 7.95. The summed E-state index contributed by atoms with van der Waals surface area (Å²) in [5, 5.41) is 12.5. The van der Waals surface area contributed by atoms with E-state index in [1.807, 2.05) is 24.3 Å². The van der Waals surface area contributed by atoms with Gasteiger partial charge in [0.25, 0.3) is 0 Å². The van der Waals surface area contributed by atoms with Gasteiger partial charge in [0.2, 0.25) is 5.91 Å². The second kappa shape index (κ2) is 11.6. The summed E-state index contributed by atoms with van der Waals surface area (Å²) in [6, 6.07) is 7.50. The van der Waals surface area contributed by atoms with Gasteiger partial charge in [0.1, 0.15) is 11.9 Å². The number of hydrogen-bond donors (Lipinski definition) is 2. The lowest BCUT2D eigenvalue weighted by atomic mass is 10.2. The van der Waals surface area contributed by atoms with Crippen molar-refractivity contribution in [3.8, 4) is 5.75 Å². The van der Waals surface area contributed by atoms with Crippen molar-refractivity contribution in [2.24, 2.45) is 0 Å². The molecule has 0 aliphatic heterocycles. The van der Waals surface area contributed by atoms with Gasteiger partial charge in [-0.05, 0) is 31.0 Å². The number of methoxy groups -OCH3 is 1. The van der Waals surface area contributed by atoms with Gasteiger partial charge < -0.3 is 24.6 Å². The zero-order chi connectivity index (χ0) is 17.8. The predicted molar refractivity (Wildman–Crippen MR) is 91.9 cm³/mol. The average Bonchev–Trinajstić information content (AvgIpc) is 2.60. The molecule has 6 nitrogen and oxygen atoms in total. The number of hydrogen-bond acceptors (Lipinski definition) is 5. The Morgan fingerprint density at radius 1 is 1.38 bits per heavy atom. The normalized spacial score (nSPS) is 13.1. The highest BCUT2D eigenvalue weighted by atomic mass is 16.5. The van der Waals surface area contributed by atoms with E-state index >= 15 is 0 Å². The molecule has 0 radical (unpaired) electrons. The van der Waals surface area contributed by atoms with Gasteiger partial charge in [-0.15, -0.1) is 6.58 Å². The summed E-state index contributed by atoms with van der Waals surface area (Å²) < 4.78 is 15.9. The van der Waals surface area contributed by atoms with Crippen LogP contribution in [0.15, 0.2) is 36.9 Å². The first-order valence-corrected chi connectivity index (χ1v) is 7.95. The van der Waals surface area contributed by atoms with Crippen molar-refractivity contribution < 1.29 is 24.1 Å². The van der Waals surface area contributed by atoms with Gasteiger partial charge in [-0.3, -0.25) is 4.79 Å². The molecule has 0 aliphatic carbocycles. The molecule has 24 heavy (non-hydrogen) atoms. The zero-order valence-electron chi connectivity index (χ0n) is 14.4. The van der Waals surface area contributed by atoms with Gasteiger partial charge in [-0.1, -0.05) is 18.2 Å². The number of rotatable bonds is 12. The van der Waals surface area contributed by atoms with Gasteiger partial charge in [0.05, 0.1) is 33.0 Å². The monoisotopic (exact) mass is 337 g/mol. The van der Waals surface area contributed by atoms with Gasteiger partial charge in [0, 0.05) is 6.54 Å². The number of nitrogens with one attached hydrogen (secondary N) is 1. The third-order valence-corrected chi connectivity index (χ3v) is 3.31. The molecule has 2 unspecified atom stereocenters. The zero-order valence-corrected chi connectivity index (χ0v) is 14.4. The van der Waals surface area contributed by atoms with Crippen molar-refractivity contribution in [2.45, 2.75) is 32.2 Å². The van der Waals surface area contributed by atoms with Crippen LogP contribution in [0.5, 0.6) is 5.75 Å². The van der Waals surface area contributed by atoms with E-state index in [4.69, 9.17) is 14.2 Å². The van der Waals surface area contributed by atoms with Gasteiger partial charge >= 0.3 is 0 Å². The van der Waals surface area contributed by atoms with Crippen LogP contribution in [0.2, 0.25) is 0 Å². The van der Waals surface area contributed by atoms with Crippen LogP contribution in [0.1, 0.15) is 18.9 Å². The first kappa shape index (κ1) is 20.2. The summed E-state index contributed by atoms with van der Waals surface area (Å²) >= 11 is 0. The van der Waals surface area contributed by atoms with Crippen LogP contribution in [0, 0.1) is 0 Å². The minimum atomic E-state index is -0.771. The van der Waals surface area contributed by atoms with Crippen LogP contribution >= 0.6 is 0 Å². The number of carbonyl (C=O) groups is 1. The third-order valence-electron chi connectivity index (χ3n) is 3.31. The smallest absolute Gasteiger partial charge is 0.248 e. The molecule has 0 spiro atoms. The third kappa shape index (κ3) is 8.10. The Labute approximate surface area is 143 Å². The van der Waals surface area contributed by atoms with E-state index in [2.05, 4.69) is 11.9 Å². The molecule has 0 fully saturated rings. The molecule has 2 N–H and O–H groups in total. The van der Waals surface area contributed by atoms with Crippen molar-refractivity contribution >= 4 is 5.91 Å². The molecule has 1 aromatic rings. The summed E-state index contributed by atoms with van der Waals surface area (Å²) in [7, 11) is 1.61. The molecule has 1 amide bonds. The molecule has 2 atom stereocenters. The number of benzene rings is 1. The van der Waals surface area contributed by atoms with Crippen molar-refractivity contribution in [1.82, 2.24) is 5.32 Å². The summed E-state index contributed by atoms with van der Waals surface area (Å²) in [4.78, 5) is 11.8. The fraction of sp³-hybridized carbons (Fsp3) is 0.500. The average molecular weight is 337 g/mol. The molecular weight excluding hydrogens is 310 g/mol. The second-order valence-corrected chi connectivity index (χ2v) is 5.35. The molecule has 134 valence electrons. The highest BCUT2D eigenvalue weighted by molar-refractivity contribution is 5.80. The van der Waals surface area contributed by atoms with Crippen LogP contribution in [0.3, 0.4) is 0 Å². The maximum absolute atomic E-state index is 11.8. The van der Waals surface area contributed by atoms with E-state index < -0.39 is 12.2 Å². The maximum Gasteiger partial charge on any atom is 0.248 e. The Hall–Kier alpha value is -1.89. The molecule has 0 saturated heterocycles. The van der Waals surface area contributed by atoms with Crippen LogP contribution in [-0.2, 0) is 20.9 Å². The SMILES string of the molecule is C=CCCOC(C)C(=O)NCC(O)COCc1ccc(OC)cc1. The van der Waals surface area contributed by atoms with E-state index in [9.17, 15) is 9.90 Å². The standard InChI is InChI=1S/C18H27NO5/c1-4-5-10-24-14(2)18(21)19-11-16(20)13-23-12-15-6-8-17(22-3)9-7-15/h4,6-9,14,16,20H,1,5,10-13H2,2-3H3,(H,19,21). The molecule has 1 rings (SSSR count). The van der Waals surface area contributed by atoms with E-state index in [0.29, 0.717) is 19.6 Å². The van der Waals surface area contributed by atoms with Crippen molar-refractivity contribution in [1.29, 1.82) is 0 Å². The topological polar surface area (TPSA) is 77.0 Å². The minimum Gasteiger partial charge on any atom is -0.497 e. The summed E-state index contributed by atoms with van der Waals surface area (Å²) in [5.41, 5.74) is 0.983. The minimum absolute atomic E-state index is 0.122. The van der Waals surface area contributed by atoms with E-state index in [-0.39, 0.29) is 19.1 Å². The van der Waals surface area contributed by atoms with E-state index in [1.54, 1.807) is 20.1 Å². The number of ether oxygens (including phenoxy) is 3. The van der Waals surface area contributed by atoms with E-state index in [0.717, 1.165) is 11.3 Å². The predicted octanol–water partition coefficient (Wildman–Crippen LogP) is 1.67. The number of amides is 1. The Morgan fingerprint density at radius 2 is 2.08 bits per heavy atom. The molecule has 1 aromatic carbocycles. The lowest BCUT2D eigenvalue weighted by molar-refractivity contribution is -0.132. The molecule has 0 saturated carbocycles. The van der Waals surface area contributed by atoms with Crippen molar-refractivity contribution in [3.63, 3.8) is 0 Å². The Balaban J connectivity index is 2.17. The molecule has 6 heteroatoms. The Kier molecular flexibility index (Phi) is 9.76. The molecule has 0 heterocycles. The van der Waals surface area contributed by atoms with Crippen LogP contribution in [0.4, 0.5) is 0 Å². The lowest BCUT2D eigenvalue weighted by Gasteiger charge is -2.16. The lowest BCUT2D eigenvalue weighted by Crippen LogP contribution is -2.40. The fourth-order valence-corrected chi connectivity index (χ4v) is 1.86. The Morgan fingerprint density at radius 3 is 2.71 bits per heavy atom. The van der Waals surface area contributed by atoms with E-state index in [1.165, 1.54) is 0 Å². The summed E-state index contributed by atoms with van der Waals surface area (Å²) in [6.45, 7) is 6.35. The van der Waals surface area contributed by atoms with Gasteiger partial charge in [-0.2, -0.15) is 0 Å². The second-order valence-electron chi connectivity index (χ2n) is 5.35. The van der Waals surface area contributed by atoms with Crippen molar-refractivity contribution in [3.05, 3.63) is 42.5 Å². The summed E-state index contributed by atoms with van der Waals surface area (Å²) in [5.74, 6) is 0.527. The maximum atomic E-state index is 11.8. The first-order chi connectivity index (χ1) is 11.6. The van der Waals surface area contributed by atoms with Gasteiger partial charge in [0.15, 0.2) is 0 Å². The van der Waals surface area contributed by atoms with Crippen LogP contribution < -0.4 is 10.1 Å². The largest absolute Gasteiger partial charge is 0.497 e. The van der Waals surface area contributed by atoms with Crippen LogP contribution in [0.25, 0.3) is 0 Å².